The van der Waals surface area contributed by atoms with E-state index in [0.717, 1.165) is 5.39 Å². The van der Waals surface area contributed by atoms with Gasteiger partial charge in [-0.1, -0.05) is 12.1 Å². The average molecular weight is 310 g/mol. The first-order valence-electron chi connectivity index (χ1n) is 7.41. The highest BCUT2D eigenvalue weighted by atomic mass is 16.5. The second-order valence-corrected chi connectivity index (χ2v) is 5.53. The molecule has 0 aliphatic carbocycles. The third kappa shape index (κ3) is 3.04. The number of carbonyl (C=O) groups is 1. The number of rotatable bonds is 5. The Morgan fingerprint density at radius 2 is 2.22 bits per heavy atom. The van der Waals surface area contributed by atoms with E-state index in [4.69, 9.17) is 9.15 Å². The van der Waals surface area contributed by atoms with Gasteiger partial charge >= 0.3 is 0 Å². The maximum atomic E-state index is 12.2. The molecule has 3 rings (SSSR count). The van der Waals surface area contributed by atoms with Crippen LogP contribution in [0.4, 0.5) is 0 Å². The lowest BCUT2D eigenvalue weighted by atomic mass is 10.2. The van der Waals surface area contributed by atoms with Gasteiger partial charge in [-0.3, -0.25) is 9.48 Å². The topological polar surface area (TPSA) is 57.3 Å². The van der Waals surface area contributed by atoms with Crippen molar-refractivity contribution in [2.75, 3.05) is 7.11 Å². The van der Waals surface area contributed by atoms with Gasteiger partial charge < -0.3 is 9.15 Å². The molecule has 0 saturated carbocycles. The molecule has 118 valence electrons. The number of benzene rings is 1. The number of carbonyl (C=O) groups excluding carboxylic acids is 1. The molecule has 0 radical (unpaired) electrons. The zero-order valence-corrected chi connectivity index (χ0v) is 13.3. The molecule has 0 aliphatic rings. The predicted octanol–water partition coefficient (Wildman–Crippen LogP) is 4.11. The molecule has 0 aliphatic heterocycles. The van der Waals surface area contributed by atoms with Crippen molar-refractivity contribution in [1.82, 2.24) is 9.78 Å². The number of ketones is 1. The van der Waals surface area contributed by atoms with Gasteiger partial charge in [0, 0.05) is 17.6 Å². The Balaban J connectivity index is 1.83. The number of ether oxygens (including phenoxy) is 1. The van der Waals surface area contributed by atoms with Crippen LogP contribution in [0.25, 0.3) is 17.0 Å². The third-order valence-corrected chi connectivity index (χ3v) is 3.56. The summed E-state index contributed by atoms with van der Waals surface area (Å²) < 4.78 is 12.8. The lowest BCUT2D eigenvalue weighted by molar-refractivity contribution is 0.104. The minimum absolute atomic E-state index is 0.107. The van der Waals surface area contributed by atoms with Gasteiger partial charge in [-0.05, 0) is 38.1 Å². The summed E-state index contributed by atoms with van der Waals surface area (Å²) in [4.78, 5) is 12.2. The zero-order chi connectivity index (χ0) is 16.4. The van der Waals surface area contributed by atoms with Gasteiger partial charge in [0.1, 0.15) is 5.76 Å². The lowest BCUT2D eigenvalue weighted by Crippen LogP contribution is -2.00. The van der Waals surface area contributed by atoms with Crippen LogP contribution in [0.5, 0.6) is 5.75 Å². The molecule has 0 unspecified atom stereocenters. The molecular formula is C18H18N2O3. The molecule has 0 bridgehead atoms. The number of aromatic nitrogens is 2. The second-order valence-electron chi connectivity index (χ2n) is 5.53. The summed E-state index contributed by atoms with van der Waals surface area (Å²) >= 11 is 0. The van der Waals surface area contributed by atoms with E-state index >= 15 is 0 Å². The Morgan fingerprint density at radius 3 is 2.91 bits per heavy atom. The molecule has 1 aromatic carbocycles. The highest BCUT2D eigenvalue weighted by Crippen LogP contribution is 2.28. The van der Waals surface area contributed by atoms with Crippen LogP contribution in [0, 0.1) is 0 Å². The Bertz CT molecular complexity index is 871. The molecule has 5 heteroatoms. The number of hydrogen-bond donors (Lipinski definition) is 0. The second kappa shape index (κ2) is 6.12. The molecule has 2 heterocycles. The standard InChI is InChI=1S/C18H18N2O3/c1-12(2)20-11-14(10-19-20)16(21)8-7-15-9-13-5-4-6-17(22-3)18(13)23-15/h4-12H,1-3H3/b8-7+. The number of furan rings is 1. The van der Waals surface area contributed by atoms with Crippen LogP contribution < -0.4 is 4.74 Å². The van der Waals surface area contributed by atoms with Gasteiger partial charge in [-0.15, -0.1) is 0 Å². The molecule has 23 heavy (non-hydrogen) atoms. The van der Waals surface area contributed by atoms with Crippen molar-refractivity contribution in [2.45, 2.75) is 19.9 Å². The van der Waals surface area contributed by atoms with Crippen LogP contribution in [-0.2, 0) is 0 Å². The van der Waals surface area contributed by atoms with Crippen LogP contribution in [0.3, 0.4) is 0 Å². The summed E-state index contributed by atoms with van der Waals surface area (Å²) in [6.45, 7) is 4.03. The van der Waals surface area contributed by atoms with E-state index in [9.17, 15) is 4.79 Å². The lowest BCUT2D eigenvalue weighted by Gasteiger charge is -2.02. The molecule has 5 nitrogen and oxygen atoms in total. The first kappa shape index (κ1) is 15.1. The van der Waals surface area contributed by atoms with Crippen LogP contribution in [-0.4, -0.2) is 22.7 Å². The van der Waals surface area contributed by atoms with Gasteiger partial charge in [-0.25, -0.2) is 0 Å². The molecule has 0 spiro atoms. The van der Waals surface area contributed by atoms with E-state index < -0.39 is 0 Å². The molecule has 0 N–H and O–H groups in total. The number of methoxy groups -OCH3 is 1. The molecule has 0 fully saturated rings. The summed E-state index contributed by atoms with van der Waals surface area (Å²) in [5, 5.41) is 5.11. The maximum absolute atomic E-state index is 12.2. The van der Waals surface area contributed by atoms with Crippen molar-refractivity contribution in [3.8, 4) is 5.75 Å². The minimum Gasteiger partial charge on any atom is -0.493 e. The van der Waals surface area contributed by atoms with Crippen molar-refractivity contribution in [3.05, 3.63) is 54.1 Å². The first-order chi connectivity index (χ1) is 11.1. The summed E-state index contributed by atoms with van der Waals surface area (Å²) in [6.07, 6.45) is 6.48. The van der Waals surface area contributed by atoms with Gasteiger partial charge in [0.15, 0.2) is 17.1 Å². The van der Waals surface area contributed by atoms with Crippen molar-refractivity contribution < 1.29 is 13.9 Å². The van der Waals surface area contributed by atoms with Crippen molar-refractivity contribution >= 4 is 22.8 Å². The molecule has 0 amide bonds. The number of nitrogens with zero attached hydrogens (tertiary/aromatic N) is 2. The third-order valence-electron chi connectivity index (χ3n) is 3.56. The predicted molar refractivity (Wildman–Crippen MR) is 88.7 cm³/mol. The zero-order valence-electron chi connectivity index (χ0n) is 13.3. The molecular weight excluding hydrogens is 292 g/mol. The smallest absolute Gasteiger partial charge is 0.189 e. The fourth-order valence-corrected chi connectivity index (χ4v) is 2.30. The van der Waals surface area contributed by atoms with Gasteiger partial charge in [-0.2, -0.15) is 5.10 Å². The SMILES string of the molecule is COc1cccc2cc(/C=C/C(=O)c3cnn(C(C)C)c3)oc12. The van der Waals surface area contributed by atoms with Crippen LogP contribution in [0.1, 0.15) is 36.0 Å². The molecule has 0 saturated heterocycles. The Morgan fingerprint density at radius 1 is 1.39 bits per heavy atom. The van der Waals surface area contributed by atoms with E-state index in [1.807, 2.05) is 38.1 Å². The Hall–Kier alpha value is -2.82. The molecule has 3 aromatic rings. The normalized spacial score (nSPS) is 11.7. The highest BCUT2D eigenvalue weighted by Gasteiger charge is 2.09. The monoisotopic (exact) mass is 310 g/mol. The first-order valence-corrected chi connectivity index (χ1v) is 7.41. The van der Waals surface area contributed by atoms with E-state index in [2.05, 4.69) is 5.10 Å². The van der Waals surface area contributed by atoms with Crippen molar-refractivity contribution in [2.24, 2.45) is 0 Å². The van der Waals surface area contributed by atoms with E-state index in [1.165, 1.54) is 6.08 Å². The summed E-state index contributed by atoms with van der Waals surface area (Å²) in [6, 6.07) is 7.77. The van der Waals surface area contributed by atoms with Crippen molar-refractivity contribution in [1.29, 1.82) is 0 Å². The fourth-order valence-electron chi connectivity index (χ4n) is 2.30. The van der Waals surface area contributed by atoms with Crippen LogP contribution in [0.2, 0.25) is 0 Å². The van der Waals surface area contributed by atoms with E-state index in [-0.39, 0.29) is 11.8 Å². The molecule has 0 atom stereocenters. The number of hydrogen-bond acceptors (Lipinski definition) is 4. The van der Waals surface area contributed by atoms with E-state index in [0.29, 0.717) is 22.7 Å². The van der Waals surface area contributed by atoms with E-state index in [1.54, 1.807) is 30.3 Å². The summed E-state index contributed by atoms with van der Waals surface area (Å²) in [7, 11) is 1.60. The van der Waals surface area contributed by atoms with Gasteiger partial charge in [0.2, 0.25) is 0 Å². The maximum Gasteiger partial charge on any atom is 0.189 e. The number of allylic oxidation sites excluding steroid dienone is 1. The number of para-hydroxylation sites is 1. The Labute approximate surface area is 134 Å². The molecule has 2 aromatic heterocycles. The highest BCUT2D eigenvalue weighted by molar-refractivity contribution is 6.06. The Kier molecular flexibility index (Phi) is 4.02. The largest absolute Gasteiger partial charge is 0.493 e. The summed E-state index contributed by atoms with van der Waals surface area (Å²) in [5.74, 6) is 1.17. The van der Waals surface area contributed by atoms with Gasteiger partial charge in [0.05, 0.1) is 18.9 Å². The minimum atomic E-state index is -0.107. The van der Waals surface area contributed by atoms with Crippen molar-refractivity contribution in [3.63, 3.8) is 0 Å². The quantitative estimate of drug-likeness (QED) is 0.525. The average Bonchev–Trinajstić information content (AvgIpc) is 3.18. The van der Waals surface area contributed by atoms with Crippen LogP contribution in [0.15, 0.2) is 47.2 Å². The van der Waals surface area contributed by atoms with Gasteiger partial charge in [0.25, 0.3) is 0 Å². The fraction of sp³-hybridized carbons (Fsp3) is 0.222. The summed E-state index contributed by atoms with van der Waals surface area (Å²) in [5.41, 5.74) is 1.23. The van der Waals surface area contributed by atoms with Crippen LogP contribution >= 0.6 is 0 Å². The number of fused-ring (bicyclic) bond motifs is 1.